The summed E-state index contributed by atoms with van der Waals surface area (Å²) in [6.45, 7) is 1.94. The minimum absolute atomic E-state index is 0.0499. The highest BCUT2D eigenvalue weighted by molar-refractivity contribution is 7.19. The molecule has 3 N–H and O–H groups in total. The molecule has 0 aliphatic rings. The van der Waals surface area contributed by atoms with Gasteiger partial charge in [0.15, 0.2) is 0 Å². The van der Waals surface area contributed by atoms with Crippen molar-refractivity contribution in [3.05, 3.63) is 35.2 Å². The van der Waals surface area contributed by atoms with Crippen molar-refractivity contribution in [2.45, 2.75) is 19.0 Å². The Hall–Kier alpha value is -0.940. The van der Waals surface area contributed by atoms with E-state index in [0.29, 0.717) is 0 Å². The van der Waals surface area contributed by atoms with Gasteiger partial charge in [0, 0.05) is 15.6 Å². The molecule has 0 bridgehead atoms. The summed E-state index contributed by atoms with van der Waals surface area (Å²) in [5.41, 5.74) is 0. The number of rotatable bonds is 5. The van der Waals surface area contributed by atoms with E-state index in [4.69, 9.17) is 10.2 Å². The molecule has 0 aliphatic carbocycles. The quantitative estimate of drug-likeness (QED) is 0.761. The van der Waals surface area contributed by atoms with Crippen LogP contribution in [0.1, 0.15) is 17.8 Å². The molecule has 0 saturated carbocycles. The minimum atomic E-state index is -0.254. The van der Waals surface area contributed by atoms with E-state index in [1.807, 2.05) is 19.1 Å². The van der Waals surface area contributed by atoms with Crippen LogP contribution in [0.5, 0.6) is 0 Å². The molecule has 17 heavy (non-hydrogen) atoms. The van der Waals surface area contributed by atoms with E-state index in [1.54, 1.807) is 11.3 Å². The molecule has 92 valence electrons. The zero-order valence-electron chi connectivity index (χ0n) is 9.76. The number of hydrogen-bond donors (Lipinski definition) is 3. The Bertz CT molecular complexity index is 446. The normalized spacial score (nSPS) is 13.4. The summed E-state index contributed by atoms with van der Waals surface area (Å²) in [5.74, 6) is 0. The molecule has 1 atom stereocenters. The zero-order chi connectivity index (χ0) is 12.3. The monoisotopic (exact) mass is 251 g/mol. The lowest BCUT2D eigenvalue weighted by atomic mass is 10.2. The number of benzene rings is 1. The molecule has 2 rings (SSSR count). The summed E-state index contributed by atoms with van der Waals surface area (Å²) in [5, 5.41) is 22.5. The SMILES string of the molecule is CC(NC(CO)CO)c1cc2ccccc2s1. The van der Waals surface area contributed by atoms with Gasteiger partial charge in [-0.1, -0.05) is 18.2 Å². The van der Waals surface area contributed by atoms with Gasteiger partial charge in [0.2, 0.25) is 0 Å². The van der Waals surface area contributed by atoms with Crippen LogP contribution in [-0.4, -0.2) is 29.5 Å². The molecular formula is C13H17NO2S. The fraction of sp³-hybridized carbons (Fsp3) is 0.385. The van der Waals surface area contributed by atoms with E-state index in [9.17, 15) is 0 Å². The van der Waals surface area contributed by atoms with Crippen molar-refractivity contribution in [2.75, 3.05) is 13.2 Å². The first-order valence-electron chi connectivity index (χ1n) is 5.71. The Kier molecular flexibility index (Phi) is 4.12. The van der Waals surface area contributed by atoms with Gasteiger partial charge in [-0.25, -0.2) is 0 Å². The number of nitrogens with one attached hydrogen (secondary N) is 1. The Morgan fingerprint density at radius 1 is 1.24 bits per heavy atom. The molecule has 4 heteroatoms. The highest BCUT2D eigenvalue weighted by Gasteiger charge is 2.13. The van der Waals surface area contributed by atoms with Crippen LogP contribution in [0, 0.1) is 0 Å². The van der Waals surface area contributed by atoms with Crippen LogP contribution in [0.25, 0.3) is 10.1 Å². The Morgan fingerprint density at radius 3 is 2.59 bits per heavy atom. The smallest absolute Gasteiger partial charge is 0.0607 e. The van der Waals surface area contributed by atoms with Crippen LogP contribution >= 0.6 is 11.3 Å². The van der Waals surface area contributed by atoms with Crippen LogP contribution in [0.15, 0.2) is 30.3 Å². The van der Waals surface area contributed by atoms with Crippen molar-refractivity contribution in [1.29, 1.82) is 0 Å². The number of aliphatic hydroxyl groups is 2. The zero-order valence-corrected chi connectivity index (χ0v) is 10.6. The number of fused-ring (bicyclic) bond motifs is 1. The molecule has 2 aromatic rings. The van der Waals surface area contributed by atoms with Gasteiger partial charge in [-0.3, -0.25) is 0 Å². The summed E-state index contributed by atoms with van der Waals surface area (Å²) in [4.78, 5) is 1.22. The molecule has 0 fully saturated rings. The second kappa shape index (κ2) is 5.60. The fourth-order valence-electron chi connectivity index (χ4n) is 1.81. The average Bonchev–Trinajstić information content (AvgIpc) is 2.79. The van der Waals surface area contributed by atoms with Gasteiger partial charge < -0.3 is 15.5 Å². The maximum Gasteiger partial charge on any atom is 0.0607 e. The number of aliphatic hydroxyl groups excluding tert-OH is 2. The van der Waals surface area contributed by atoms with Gasteiger partial charge in [0.05, 0.1) is 19.3 Å². The second-order valence-corrected chi connectivity index (χ2v) is 5.25. The van der Waals surface area contributed by atoms with Gasteiger partial charge in [-0.15, -0.1) is 11.3 Å². The maximum atomic E-state index is 9.04. The Balaban J connectivity index is 2.15. The standard InChI is InChI=1S/C13H17NO2S/c1-9(14-11(7-15)8-16)13-6-10-4-2-3-5-12(10)17-13/h2-6,9,11,14-16H,7-8H2,1H3. The predicted molar refractivity (Wildman–Crippen MR) is 71.3 cm³/mol. The highest BCUT2D eigenvalue weighted by atomic mass is 32.1. The summed E-state index contributed by atoms with van der Waals surface area (Å²) in [7, 11) is 0. The van der Waals surface area contributed by atoms with Crippen LogP contribution in [0.3, 0.4) is 0 Å². The average molecular weight is 251 g/mol. The number of hydrogen-bond acceptors (Lipinski definition) is 4. The molecule has 0 radical (unpaired) electrons. The molecule has 1 unspecified atom stereocenters. The van der Waals surface area contributed by atoms with Crippen molar-refractivity contribution in [3.63, 3.8) is 0 Å². The van der Waals surface area contributed by atoms with E-state index in [1.165, 1.54) is 15.0 Å². The van der Waals surface area contributed by atoms with Crippen molar-refractivity contribution in [1.82, 2.24) is 5.32 Å². The maximum absolute atomic E-state index is 9.04. The predicted octanol–water partition coefficient (Wildman–Crippen LogP) is 1.91. The lowest BCUT2D eigenvalue weighted by Gasteiger charge is -2.18. The second-order valence-electron chi connectivity index (χ2n) is 4.14. The third kappa shape index (κ3) is 2.84. The molecule has 3 nitrogen and oxygen atoms in total. The third-order valence-corrected chi connectivity index (χ3v) is 4.10. The van der Waals surface area contributed by atoms with Crippen molar-refractivity contribution < 1.29 is 10.2 Å². The van der Waals surface area contributed by atoms with Crippen molar-refractivity contribution >= 4 is 21.4 Å². The van der Waals surface area contributed by atoms with Crippen LogP contribution < -0.4 is 5.32 Å². The van der Waals surface area contributed by atoms with E-state index in [2.05, 4.69) is 23.5 Å². The fourth-order valence-corrected chi connectivity index (χ4v) is 2.89. The van der Waals surface area contributed by atoms with Gasteiger partial charge in [-0.05, 0) is 24.4 Å². The van der Waals surface area contributed by atoms with Gasteiger partial charge in [-0.2, -0.15) is 0 Å². The first-order chi connectivity index (χ1) is 8.24. The van der Waals surface area contributed by atoms with E-state index >= 15 is 0 Å². The summed E-state index contributed by atoms with van der Waals surface area (Å²) >= 11 is 1.74. The molecule has 0 aliphatic heterocycles. The third-order valence-electron chi connectivity index (χ3n) is 2.80. The summed E-state index contributed by atoms with van der Waals surface area (Å²) < 4.78 is 1.26. The summed E-state index contributed by atoms with van der Waals surface area (Å²) in [6, 6.07) is 10.3. The minimum Gasteiger partial charge on any atom is -0.395 e. The lowest BCUT2D eigenvalue weighted by molar-refractivity contribution is 0.164. The molecule has 0 amide bonds. The Morgan fingerprint density at radius 2 is 1.94 bits per heavy atom. The molecule has 0 spiro atoms. The van der Waals surface area contributed by atoms with Crippen LogP contribution in [0.4, 0.5) is 0 Å². The van der Waals surface area contributed by atoms with Crippen LogP contribution in [-0.2, 0) is 0 Å². The first kappa shape index (κ1) is 12.5. The first-order valence-corrected chi connectivity index (χ1v) is 6.52. The molecular weight excluding hydrogens is 234 g/mol. The Labute approximate surface area is 105 Å². The van der Waals surface area contributed by atoms with Gasteiger partial charge in [0.1, 0.15) is 0 Å². The van der Waals surface area contributed by atoms with Gasteiger partial charge in [0.25, 0.3) is 0 Å². The van der Waals surface area contributed by atoms with Gasteiger partial charge >= 0.3 is 0 Å². The van der Waals surface area contributed by atoms with Crippen LogP contribution in [0.2, 0.25) is 0 Å². The van der Waals surface area contributed by atoms with Crippen molar-refractivity contribution in [3.8, 4) is 0 Å². The topological polar surface area (TPSA) is 52.5 Å². The lowest BCUT2D eigenvalue weighted by Crippen LogP contribution is -2.37. The largest absolute Gasteiger partial charge is 0.395 e. The number of thiophene rings is 1. The molecule has 1 heterocycles. The summed E-state index contributed by atoms with van der Waals surface area (Å²) in [6.07, 6.45) is 0. The van der Waals surface area contributed by atoms with E-state index < -0.39 is 0 Å². The molecule has 1 aromatic heterocycles. The molecule has 1 aromatic carbocycles. The highest BCUT2D eigenvalue weighted by Crippen LogP contribution is 2.29. The van der Waals surface area contributed by atoms with Crippen molar-refractivity contribution in [2.24, 2.45) is 0 Å². The van der Waals surface area contributed by atoms with E-state index in [0.717, 1.165) is 0 Å². The molecule has 0 saturated heterocycles. The van der Waals surface area contributed by atoms with E-state index in [-0.39, 0.29) is 25.3 Å².